The number of hydrogen-bond donors (Lipinski definition) is 0. The van der Waals surface area contributed by atoms with E-state index in [1.165, 1.54) is 6.33 Å². The fourth-order valence-corrected chi connectivity index (χ4v) is 4.56. The van der Waals surface area contributed by atoms with Crippen LogP contribution in [0.4, 0.5) is 19.0 Å². The predicted molar refractivity (Wildman–Crippen MR) is 113 cm³/mol. The molecule has 0 amide bonds. The summed E-state index contributed by atoms with van der Waals surface area (Å²) in [7, 11) is 0. The molecular formula is C21H26F3N7O2. The molecule has 0 spiro atoms. The Kier molecular flexibility index (Phi) is 5.95. The molecule has 0 aliphatic carbocycles. The van der Waals surface area contributed by atoms with E-state index in [2.05, 4.69) is 20.0 Å². The van der Waals surface area contributed by atoms with Crippen molar-refractivity contribution < 1.29 is 22.4 Å². The number of fused-ring (bicyclic) bond motifs is 1. The van der Waals surface area contributed by atoms with Crippen molar-refractivity contribution in [3.63, 3.8) is 0 Å². The molecule has 0 bridgehead atoms. The zero-order valence-electron chi connectivity index (χ0n) is 18.4. The number of rotatable bonds is 5. The summed E-state index contributed by atoms with van der Waals surface area (Å²) in [5.74, 6) is 1.92. The van der Waals surface area contributed by atoms with Crippen molar-refractivity contribution in [2.24, 2.45) is 0 Å². The molecule has 3 aromatic heterocycles. The molecule has 2 saturated heterocycles. The van der Waals surface area contributed by atoms with Crippen LogP contribution >= 0.6 is 0 Å². The van der Waals surface area contributed by atoms with Crippen LogP contribution in [-0.4, -0.2) is 75.1 Å². The van der Waals surface area contributed by atoms with Crippen LogP contribution in [0.5, 0.6) is 0 Å². The first-order valence-corrected chi connectivity index (χ1v) is 11.1. The van der Waals surface area contributed by atoms with E-state index in [1.807, 2.05) is 17.9 Å². The minimum absolute atomic E-state index is 0.00479. The maximum Gasteiger partial charge on any atom is 0.406 e. The van der Waals surface area contributed by atoms with Gasteiger partial charge in [-0.2, -0.15) is 13.2 Å². The van der Waals surface area contributed by atoms with E-state index in [4.69, 9.17) is 14.2 Å². The molecule has 178 valence electrons. The lowest BCUT2D eigenvalue weighted by Crippen LogP contribution is -2.38. The van der Waals surface area contributed by atoms with Crippen LogP contribution in [0, 0.1) is 6.92 Å². The third kappa shape index (κ3) is 4.96. The van der Waals surface area contributed by atoms with Crippen molar-refractivity contribution in [1.29, 1.82) is 0 Å². The highest BCUT2D eigenvalue weighted by atomic mass is 19.4. The average Bonchev–Trinajstić information content (AvgIpc) is 3.38. The van der Waals surface area contributed by atoms with E-state index in [0.29, 0.717) is 56.6 Å². The van der Waals surface area contributed by atoms with Gasteiger partial charge in [-0.25, -0.2) is 15.0 Å². The topological polar surface area (TPSA) is 85.3 Å². The number of halogens is 3. The van der Waals surface area contributed by atoms with Crippen LogP contribution < -0.4 is 4.90 Å². The van der Waals surface area contributed by atoms with E-state index >= 15 is 0 Å². The van der Waals surface area contributed by atoms with Gasteiger partial charge < -0.3 is 18.7 Å². The summed E-state index contributed by atoms with van der Waals surface area (Å²) in [5, 5.41) is 4.08. The van der Waals surface area contributed by atoms with Gasteiger partial charge in [0.25, 0.3) is 0 Å². The number of nitrogens with zero attached hydrogens (tertiary/aromatic N) is 7. The van der Waals surface area contributed by atoms with Crippen molar-refractivity contribution in [3.05, 3.63) is 29.7 Å². The molecule has 9 nitrogen and oxygen atoms in total. The highest BCUT2D eigenvalue weighted by Crippen LogP contribution is 2.31. The average molecular weight is 465 g/mol. The number of hydrogen-bond acceptors (Lipinski definition) is 8. The third-order valence-electron chi connectivity index (χ3n) is 6.06. The summed E-state index contributed by atoms with van der Waals surface area (Å²) in [6.07, 6.45) is -1.34. The summed E-state index contributed by atoms with van der Waals surface area (Å²) in [6.45, 7) is 5.29. The van der Waals surface area contributed by atoms with E-state index in [-0.39, 0.29) is 11.6 Å². The van der Waals surface area contributed by atoms with Gasteiger partial charge in [0.2, 0.25) is 0 Å². The first kappa shape index (κ1) is 22.1. The molecule has 5 heterocycles. The molecule has 1 unspecified atom stereocenters. The molecule has 2 aliphatic heterocycles. The van der Waals surface area contributed by atoms with Gasteiger partial charge in [0.1, 0.15) is 18.1 Å². The number of aromatic nitrogens is 5. The fourth-order valence-electron chi connectivity index (χ4n) is 4.56. The molecule has 2 fully saturated rings. The Morgan fingerprint density at radius 1 is 1.15 bits per heavy atom. The van der Waals surface area contributed by atoms with Crippen molar-refractivity contribution in [1.82, 2.24) is 29.6 Å². The minimum atomic E-state index is -4.37. The molecule has 5 rings (SSSR count). The molecular weight excluding hydrogens is 439 g/mol. The Labute approximate surface area is 188 Å². The largest absolute Gasteiger partial charge is 0.406 e. The van der Waals surface area contributed by atoms with Crippen molar-refractivity contribution in [2.45, 2.75) is 44.9 Å². The van der Waals surface area contributed by atoms with Gasteiger partial charge in [-0.15, -0.1) is 0 Å². The Morgan fingerprint density at radius 2 is 1.97 bits per heavy atom. The van der Waals surface area contributed by atoms with Gasteiger partial charge >= 0.3 is 6.18 Å². The monoisotopic (exact) mass is 465 g/mol. The molecule has 0 saturated carbocycles. The molecule has 3 aromatic rings. The van der Waals surface area contributed by atoms with Crippen LogP contribution in [-0.2, 0) is 17.8 Å². The molecule has 12 heteroatoms. The third-order valence-corrected chi connectivity index (χ3v) is 6.06. The second-order valence-corrected chi connectivity index (χ2v) is 8.67. The smallest absolute Gasteiger partial charge is 0.378 e. The summed E-state index contributed by atoms with van der Waals surface area (Å²) in [4.78, 5) is 18.0. The lowest BCUT2D eigenvalue weighted by molar-refractivity contribution is -0.140. The number of ether oxygens (including phenoxy) is 1. The Balaban J connectivity index is 1.47. The Morgan fingerprint density at radius 3 is 2.70 bits per heavy atom. The second-order valence-electron chi connectivity index (χ2n) is 8.67. The van der Waals surface area contributed by atoms with E-state index < -0.39 is 12.7 Å². The zero-order valence-corrected chi connectivity index (χ0v) is 18.4. The van der Waals surface area contributed by atoms with Crippen molar-refractivity contribution in [3.8, 4) is 0 Å². The number of morpholine rings is 1. The maximum atomic E-state index is 13.2. The zero-order chi connectivity index (χ0) is 23.0. The van der Waals surface area contributed by atoms with Gasteiger partial charge in [0, 0.05) is 38.2 Å². The van der Waals surface area contributed by atoms with Crippen LogP contribution in [0.3, 0.4) is 0 Å². The van der Waals surface area contributed by atoms with Gasteiger partial charge in [-0.3, -0.25) is 4.90 Å². The number of alkyl halides is 3. The molecule has 0 N–H and O–H groups in total. The quantitative estimate of drug-likeness (QED) is 0.569. The maximum absolute atomic E-state index is 13.2. The number of anilines is 1. The first-order chi connectivity index (χ1) is 15.9. The summed E-state index contributed by atoms with van der Waals surface area (Å²) in [5.41, 5.74) is 1.49. The lowest BCUT2D eigenvalue weighted by Gasteiger charge is -2.32. The van der Waals surface area contributed by atoms with Crippen molar-refractivity contribution >= 4 is 17.0 Å². The summed E-state index contributed by atoms with van der Waals surface area (Å²) in [6, 6.07) is 1.92. The van der Waals surface area contributed by atoms with Crippen molar-refractivity contribution in [2.75, 3.05) is 44.3 Å². The molecule has 0 radical (unpaired) electrons. The Bertz CT molecular complexity index is 1110. The molecule has 2 aliphatic rings. The van der Waals surface area contributed by atoms with Crippen LogP contribution in [0.25, 0.3) is 11.2 Å². The van der Waals surface area contributed by atoms with E-state index in [0.717, 1.165) is 35.4 Å². The predicted octanol–water partition coefficient (Wildman–Crippen LogP) is 2.90. The van der Waals surface area contributed by atoms with Crippen LogP contribution in [0.15, 0.2) is 16.9 Å². The standard InChI is InChI=1S/C21H26F3N7O2/c1-14-9-16(28-33-14)11-29-4-2-3-15(10-29)18-26-19(30-5-7-32-8-6-30)17-20(27-18)31(13-25-17)12-21(22,23)24/h9,13,15H,2-8,10-12H2,1H3. The fraction of sp³-hybridized carbons (Fsp3) is 0.619. The SMILES string of the molecule is Cc1cc(CN2CCCC(c3nc(N4CCOCC4)c4ncn(CC(F)(F)F)c4n3)C2)no1. The minimum Gasteiger partial charge on any atom is -0.378 e. The summed E-state index contributed by atoms with van der Waals surface area (Å²) >= 11 is 0. The highest BCUT2D eigenvalue weighted by molar-refractivity contribution is 5.83. The summed E-state index contributed by atoms with van der Waals surface area (Å²) < 4.78 is 51.2. The second kappa shape index (κ2) is 8.90. The number of aryl methyl sites for hydroxylation is 1. The number of imidazole rings is 1. The highest BCUT2D eigenvalue weighted by Gasteiger charge is 2.31. The van der Waals surface area contributed by atoms with Gasteiger partial charge in [0.15, 0.2) is 17.0 Å². The molecule has 33 heavy (non-hydrogen) atoms. The lowest BCUT2D eigenvalue weighted by atomic mass is 9.97. The van der Waals surface area contributed by atoms with Gasteiger partial charge in [-0.05, 0) is 26.3 Å². The van der Waals surface area contributed by atoms with E-state index in [9.17, 15) is 13.2 Å². The van der Waals surface area contributed by atoms with E-state index in [1.54, 1.807) is 0 Å². The number of likely N-dealkylation sites (tertiary alicyclic amines) is 1. The molecule has 0 aromatic carbocycles. The normalized spacial score (nSPS) is 20.6. The van der Waals surface area contributed by atoms with Gasteiger partial charge in [0.05, 0.1) is 25.2 Å². The first-order valence-electron chi connectivity index (χ1n) is 11.1. The van der Waals surface area contributed by atoms with Crippen LogP contribution in [0.2, 0.25) is 0 Å². The van der Waals surface area contributed by atoms with Gasteiger partial charge in [-0.1, -0.05) is 5.16 Å². The Hall–Kier alpha value is -2.73. The number of piperidine rings is 1. The molecule has 1 atom stereocenters. The van der Waals surface area contributed by atoms with Crippen LogP contribution in [0.1, 0.15) is 36.0 Å².